The van der Waals surface area contributed by atoms with E-state index >= 15 is 0 Å². The lowest BCUT2D eigenvalue weighted by molar-refractivity contribution is -0.161. The number of carbonyl (C=O) groups excluding carboxylic acids is 2. The molecule has 0 bridgehead atoms. The molecule has 0 spiro atoms. The number of hydrogen-bond donors (Lipinski definition) is 0. The number of carbonyl (C=O) groups is 2. The van der Waals surface area contributed by atoms with Crippen LogP contribution in [0.5, 0.6) is 5.75 Å². The minimum atomic E-state index is -0.424. The second kappa shape index (κ2) is 11.4. The second-order valence-corrected chi connectivity index (χ2v) is 10.6. The van der Waals surface area contributed by atoms with Gasteiger partial charge in [-0.3, -0.25) is 9.59 Å². The van der Waals surface area contributed by atoms with E-state index in [1.807, 2.05) is 36.4 Å². The lowest BCUT2D eigenvalue weighted by Gasteiger charge is -2.27. The Kier molecular flexibility index (Phi) is 8.07. The molecule has 0 aliphatic heterocycles. The van der Waals surface area contributed by atoms with Crippen LogP contribution in [-0.2, 0) is 25.2 Å². The average molecular weight is 476 g/mol. The molecule has 0 N–H and O–H groups in total. The Balaban J connectivity index is 1.37. The molecule has 3 aromatic rings. The van der Waals surface area contributed by atoms with Crippen LogP contribution < -0.4 is 4.74 Å². The number of rotatable bonds is 9. The molecule has 176 valence electrons. The zero-order chi connectivity index (χ0) is 23.8. The van der Waals surface area contributed by atoms with Crippen molar-refractivity contribution in [2.45, 2.75) is 72.2 Å². The van der Waals surface area contributed by atoms with Gasteiger partial charge in [0.25, 0.3) is 0 Å². The van der Waals surface area contributed by atoms with Crippen LogP contribution in [0.3, 0.4) is 0 Å². The Morgan fingerprint density at radius 2 is 1.24 bits per heavy atom. The molecule has 0 unspecified atom stereocenters. The summed E-state index contributed by atoms with van der Waals surface area (Å²) in [5, 5.41) is 0. The highest BCUT2D eigenvalue weighted by Crippen LogP contribution is 2.36. The van der Waals surface area contributed by atoms with Crippen molar-refractivity contribution < 1.29 is 19.1 Å². The summed E-state index contributed by atoms with van der Waals surface area (Å²) in [5.41, 5.74) is -0.328. The summed E-state index contributed by atoms with van der Waals surface area (Å²) < 4.78 is 11.2. The van der Waals surface area contributed by atoms with E-state index in [9.17, 15) is 9.59 Å². The van der Waals surface area contributed by atoms with Crippen LogP contribution in [-0.4, -0.2) is 17.5 Å². The molecule has 0 atom stereocenters. The van der Waals surface area contributed by atoms with Crippen molar-refractivity contribution in [1.29, 1.82) is 0 Å². The molecule has 1 saturated carbocycles. The number of benzene rings is 3. The van der Waals surface area contributed by atoms with Crippen molar-refractivity contribution in [3.8, 4) is 5.75 Å². The number of esters is 2. The van der Waals surface area contributed by atoms with Crippen molar-refractivity contribution in [3.05, 3.63) is 84.9 Å². The Hall–Kier alpha value is -3.05. The lowest BCUT2D eigenvalue weighted by atomic mass is 9.99. The first-order valence-electron chi connectivity index (χ1n) is 12.0. The molecule has 0 radical (unpaired) electrons. The molecule has 0 saturated heterocycles. The van der Waals surface area contributed by atoms with Crippen molar-refractivity contribution in [2.24, 2.45) is 0 Å². The molecular weight excluding hydrogens is 444 g/mol. The van der Waals surface area contributed by atoms with Crippen molar-refractivity contribution in [2.75, 3.05) is 0 Å². The molecular formula is C29H31O4S+. The van der Waals surface area contributed by atoms with Crippen LogP contribution in [0.4, 0.5) is 0 Å². The van der Waals surface area contributed by atoms with Gasteiger partial charge in [0, 0.05) is 0 Å². The van der Waals surface area contributed by atoms with Gasteiger partial charge in [-0.15, -0.1) is 0 Å². The van der Waals surface area contributed by atoms with Gasteiger partial charge in [-0.25, -0.2) is 0 Å². The van der Waals surface area contributed by atoms with Crippen LogP contribution in [0.1, 0.15) is 51.9 Å². The average Bonchev–Trinajstić information content (AvgIpc) is 3.34. The fraction of sp³-hybridized carbons (Fsp3) is 0.310. The molecule has 1 fully saturated rings. The molecule has 0 amide bonds. The highest BCUT2D eigenvalue weighted by atomic mass is 32.2. The molecule has 0 heterocycles. The largest absolute Gasteiger partial charge is 0.459 e. The van der Waals surface area contributed by atoms with E-state index in [0.717, 1.165) is 37.0 Å². The van der Waals surface area contributed by atoms with Gasteiger partial charge in [-0.2, -0.15) is 0 Å². The van der Waals surface area contributed by atoms with E-state index in [1.54, 1.807) is 0 Å². The summed E-state index contributed by atoms with van der Waals surface area (Å²) in [6, 6.07) is 28.4. The molecule has 4 rings (SSSR count). The molecule has 4 nitrogen and oxygen atoms in total. The van der Waals surface area contributed by atoms with Crippen LogP contribution in [0.2, 0.25) is 0 Å². The fourth-order valence-electron chi connectivity index (χ4n) is 4.39. The molecule has 1 aliphatic carbocycles. The topological polar surface area (TPSA) is 52.6 Å². The first-order valence-corrected chi connectivity index (χ1v) is 13.2. The maximum atomic E-state index is 12.3. The van der Waals surface area contributed by atoms with E-state index in [2.05, 4.69) is 55.5 Å². The van der Waals surface area contributed by atoms with Crippen LogP contribution >= 0.6 is 0 Å². The molecule has 3 aromatic carbocycles. The maximum Gasteiger partial charge on any atom is 0.311 e. The summed E-state index contributed by atoms with van der Waals surface area (Å²) >= 11 is 0. The summed E-state index contributed by atoms with van der Waals surface area (Å²) in [5.74, 6) is -0.259. The minimum absolute atomic E-state index is 0.0127. The van der Waals surface area contributed by atoms with Crippen LogP contribution in [0.15, 0.2) is 99.6 Å². The van der Waals surface area contributed by atoms with E-state index in [4.69, 9.17) is 9.47 Å². The predicted octanol–water partition coefficient (Wildman–Crippen LogP) is 6.73. The van der Waals surface area contributed by atoms with Crippen molar-refractivity contribution in [3.63, 3.8) is 0 Å². The normalized spacial score (nSPS) is 14.6. The van der Waals surface area contributed by atoms with E-state index in [-0.39, 0.29) is 35.3 Å². The Labute approximate surface area is 204 Å². The second-order valence-electron chi connectivity index (χ2n) is 8.60. The van der Waals surface area contributed by atoms with Crippen molar-refractivity contribution in [1.82, 2.24) is 0 Å². The lowest BCUT2D eigenvalue weighted by Crippen LogP contribution is -2.31. The van der Waals surface area contributed by atoms with Crippen LogP contribution in [0, 0.1) is 0 Å². The highest BCUT2D eigenvalue weighted by molar-refractivity contribution is 7.97. The third-order valence-electron chi connectivity index (χ3n) is 6.27. The molecule has 0 aromatic heterocycles. The van der Waals surface area contributed by atoms with E-state index in [0.29, 0.717) is 5.75 Å². The Morgan fingerprint density at radius 3 is 1.76 bits per heavy atom. The first-order chi connectivity index (χ1) is 16.6. The molecule has 5 heteroatoms. The zero-order valence-electron chi connectivity index (χ0n) is 19.6. The first kappa shape index (κ1) is 24.1. The zero-order valence-corrected chi connectivity index (χ0v) is 20.4. The summed E-state index contributed by atoms with van der Waals surface area (Å²) in [6.07, 6.45) is 4.90. The predicted molar refractivity (Wildman–Crippen MR) is 134 cm³/mol. The summed E-state index contributed by atoms with van der Waals surface area (Å²) in [4.78, 5) is 28.2. The quantitative estimate of drug-likeness (QED) is 0.195. The van der Waals surface area contributed by atoms with E-state index in [1.165, 1.54) is 9.79 Å². The number of ether oxygens (including phenoxy) is 2. The van der Waals surface area contributed by atoms with Gasteiger partial charge in [-0.1, -0.05) is 43.3 Å². The summed E-state index contributed by atoms with van der Waals surface area (Å²) in [6.45, 7) is 2.05. The van der Waals surface area contributed by atoms with E-state index < -0.39 is 5.97 Å². The third kappa shape index (κ3) is 6.09. The van der Waals surface area contributed by atoms with Gasteiger partial charge in [-0.05, 0) is 80.6 Å². The van der Waals surface area contributed by atoms with Gasteiger partial charge in [0.2, 0.25) is 0 Å². The SMILES string of the molecule is CCC1(OC(=O)CCC(=O)Oc2ccc([S+](c3ccccc3)c3ccccc3)cc2)CCCC1. The standard InChI is InChI=1S/C29H31O4S/c1-2-29(21-9-10-22-29)33-28(31)20-19-27(30)32-23-15-17-26(18-16-23)34(24-11-5-3-6-12-24)25-13-7-4-8-14-25/h3-8,11-18H,2,9-10,19-22H2,1H3/q+1. The van der Waals surface area contributed by atoms with Crippen LogP contribution in [0.25, 0.3) is 0 Å². The smallest absolute Gasteiger partial charge is 0.311 e. The van der Waals surface area contributed by atoms with Crippen molar-refractivity contribution >= 4 is 22.8 Å². The van der Waals surface area contributed by atoms with Gasteiger partial charge in [0.15, 0.2) is 14.7 Å². The monoisotopic (exact) mass is 475 g/mol. The fourth-order valence-corrected chi connectivity index (χ4v) is 6.47. The van der Waals surface area contributed by atoms with Gasteiger partial charge >= 0.3 is 11.9 Å². The minimum Gasteiger partial charge on any atom is -0.459 e. The Bertz CT molecular complexity index is 1030. The Morgan fingerprint density at radius 1 is 0.735 bits per heavy atom. The highest BCUT2D eigenvalue weighted by Gasteiger charge is 2.35. The molecule has 34 heavy (non-hydrogen) atoms. The molecule has 1 aliphatic rings. The third-order valence-corrected chi connectivity index (χ3v) is 8.50. The number of hydrogen-bond acceptors (Lipinski definition) is 4. The maximum absolute atomic E-state index is 12.3. The summed E-state index contributed by atoms with van der Waals surface area (Å²) in [7, 11) is -0.255. The van der Waals surface area contributed by atoms with Gasteiger partial charge in [0.1, 0.15) is 11.4 Å². The van der Waals surface area contributed by atoms with Gasteiger partial charge in [0.05, 0.1) is 23.7 Å². The van der Waals surface area contributed by atoms with Gasteiger partial charge < -0.3 is 9.47 Å².